The molecular weight excluding hydrogens is 336 g/mol. The van der Waals surface area contributed by atoms with Gasteiger partial charge in [0, 0.05) is 40.0 Å². The summed E-state index contributed by atoms with van der Waals surface area (Å²) in [6, 6.07) is 13.0. The highest BCUT2D eigenvalue weighted by molar-refractivity contribution is 6.39. The predicted molar refractivity (Wildman–Crippen MR) is 100 cm³/mol. The molecule has 1 aliphatic rings. The van der Waals surface area contributed by atoms with Crippen molar-refractivity contribution in [2.45, 2.75) is 0 Å². The molecule has 0 spiro atoms. The van der Waals surface area contributed by atoms with E-state index in [0.717, 1.165) is 16.2 Å². The van der Waals surface area contributed by atoms with Crippen molar-refractivity contribution >= 4 is 45.0 Å². The highest BCUT2D eigenvalue weighted by Gasteiger charge is 2.33. The fourth-order valence-corrected chi connectivity index (χ4v) is 3.74. The van der Waals surface area contributed by atoms with Gasteiger partial charge in [-0.1, -0.05) is 35.9 Å². The van der Waals surface area contributed by atoms with Crippen LogP contribution in [0.4, 0.5) is 0 Å². The van der Waals surface area contributed by atoms with Crippen LogP contribution in [-0.4, -0.2) is 48.8 Å². The molecule has 3 aromatic carbocycles. The number of rotatable bonds is 3. The van der Waals surface area contributed by atoms with Crippen LogP contribution in [0.2, 0.25) is 5.02 Å². The monoisotopic (exact) mass is 352 g/mol. The Labute approximate surface area is 150 Å². The molecule has 0 aliphatic carbocycles. The minimum atomic E-state index is -0.239. The molecule has 3 aromatic rings. The SMILES string of the molecule is CN(C)CCN1C(=O)c2cccc3c2c(cc2cccc(Cl)c23)C1=O. The van der Waals surface area contributed by atoms with Crippen molar-refractivity contribution in [3.05, 3.63) is 58.6 Å². The normalized spacial score (nSPS) is 14.2. The van der Waals surface area contributed by atoms with E-state index in [1.54, 1.807) is 6.07 Å². The third-order valence-electron chi connectivity index (χ3n) is 4.67. The van der Waals surface area contributed by atoms with E-state index in [4.69, 9.17) is 11.6 Å². The summed E-state index contributed by atoms with van der Waals surface area (Å²) in [6.45, 7) is 0.996. The Bertz CT molecular complexity index is 1040. The molecule has 1 heterocycles. The lowest BCUT2D eigenvalue weighted by molar-refractivity contribution is 0.0601. The standard InChI is InChI=1S/C20H17ClN2O2/c1-22(2)9-10-23-19(24)14-7-4-6-13-17-12(5-3-8-16(17)21)11-15(18(13)14)20(23)25/h3-8,11H,9-10H2,1-2H3. The number of fused-ring (bicyclic) bond motifs is 2. The van der Waals surface area contributed by atoms with Crippen LogP contribution in [0.15, 0.2) is 42.5 Å². The summed E-state index contributed by atoms with van der Waals surface area (Å²) in [7, 11) is 3.84. The minimum Gasteiger partial charge on any atom is -0.308 e. The molecule has 1 aliphatic heterocycles. The Morgan fingerprint density at radius 2 is 1.68 bits per heavy atom. The molecule has 4 rings (SSSR count). The Kier molecular flexibility index (Phi) is 3.74. The van der Waals surface area contributed by atoms with Crippen LogP contribution in [0.25, 0.3) is 21.5 Å². The molecule has 0 fully saturated rings. The van der Waals surface area contributed by atoms with Gasteiger partial charge >= 0.3 is 0 Å². The molecule has 0 unspecified atom stereocenters. The van der Waals surface area contributed by atoms with E-state index in [9.17, 15) is 9.59 Å². The van der Waals surface area contributed by atoms with E-state index in [1.165, 1.54) is 4.90 Å². The Hall–Kier alpha value is -2.43. The first-order chi connectivity index (χ1) is 12.0. The second-order valence-electron chi connectivity index (χ2n) is 6.56. The van der Waals surface area contributed by atoms with E-state index < -0.39 is 0 Å². The van der Waals surface area contributed by atoms with Gasteiger partial charge in [0.25, 0.3) is 11.8 Å². The number of likely N-dealkylation sites (N-methyl/N-ethyl adjacent to an activating group) is 1. The number of hydrogen-bond acceptors (Lipinski definition) is 3. The van der Waals surface area contributed by atoms with Crippen molar-refractivity contribution in [2.24, 2.45) is 0 Å². The molecule has 0 N–H and O–H groups in total. The van der Waals surface area contributed by atoms with Gasteiger partial charge in [-0.15, -0.1) is 0 Å². The number of carbonyl (C=O) groups is 2. The second kappa shape index (κ2) is 5.83. The van der Waals surface area contributed by atoms with Gasteiger partial charge < -0.3 is 4.90 Å². The largest absolute Gasteiger partial charge is 0.308 e. The van der Waals surface area contributed by atoms with Crippen LogP contribution in [0.1, 0.15) is 20.7 Å². The van der Waals surface area contributed by atoms with Crippen LogP contribution in [0.3, 0.4) is 0 Å². The van der Waals surface area contributed by atoms with E-state index >= 15 is 0 Å². The van der Waals surface area contributed by atoms with Crippen molar-refractivity contribution < 1.29 is 9.59 Å². The third kappa shape index (κ3) is 2.41. The number of benzene rings is 3. The Morgan fingerprint density at radius 1 is 0.960 bits per heavy atom. The topological polar surface area (TPSA) is 40.6 Å². The molecule has 0 radical (unpaired) electrons. The predicted octanol–water partition coefficient (Wildman–Crippen LogP) is 3.80. The van der Waals surface area contributed by atoms with E-state index in [0.29, 0.717) is 34.6 Å². The van der Waals surface area contributed by atoms with Gasteiger partial charge in [-0.3, -0.25) is 14.5 Å². The van der Waals surface area contributed by atoms with Crippen molar-refractivity contribution in [1.82, 2.24) is 9.80 Å². The first-order valence-electron chi connectivity index (χ1n) is 8.14. The lowest BCUT2D eigenvalue weighted by atomic mass is 9.90. The molecule has 126 valence electrons. The number of halogens is 1. The van der Waals surface area contributed by atoms with Gasteiger partial charge in [0.05, 0.1) is 0 Å². The Morgan fingerprint density at radius 3 is 2.44 bits per heavy atom. The lowest BCUT2D eigenvalue weighted by Gasteiger charge is -2.28. The summed E-state index contributed by atoms with van der Waals surface area (Å²) in [6.07, 6.45) is 0. The van der Waals surface area contributed by atoms with Gasteiger partial charge in [-0.25, -0.2) is 0 Å². The maximum atomic E-state index is 13.0. The van der Waals surface area contributed by atoms with Gasteiger partial charge in [0.1, 0.15) is 0 Å². The molecule has 0 atom stereocenters. The van der Waals surface area contributed by atoms with Crippen molar-refractivity contribution in [3.63, 3.8) is 0 Å². The second-order valence-corrected chi connectivity index (χ2v) is 6.96. The minimum absolute atomic E-state index is 0.238. The Balaban J connectivity index is 2.01. The third-order valence-corrected chi connectivity index (χ3v) is 4.99. The molecule has 4 nitrogen and oxygen atoms in total. The zero-order valence-electron chi connectivity index (χ0n) is 14.0. The number of amides is 2. The maximum Gasteiger partial charge on any atom is 0.261 e. The number of nitrogens with zero attached hydrogens (tertiary/aromatic N) is 2. The molecule has 5 heteroatoms. The number of imide groups is 1. The molecule has 0 aromatic heterocycles. The molecule has 0 saturated heterocycles. The van der Waals surface area contributed by atoms with Gasteiger partial charge in [0.15, 0.2) is 0 Å². The number of carbonyl (C=O) groups excluding carboxylic acids is 2. The smallest absolute Gasteiger partial charge is 0.261 e. The van der Waals surface area contributed by atoms with E-state index in [1.807, 2.05) is 55.4 Å². The summed E-state index contributed by atoms with van der Waals surface area (Å²) in [5.41, 5.74) is 1.13. The van der Waals surface area contributed by atoms with Crippen LogP contribution in [-0.2, 0) is 0 Å². The summed E-state index contributed by atoms with van der Waals surface area (Å²) < 4.78 is 0. The van der Waals surface area contributed by atoms with Crippen LogP contribution in [0, 0.1) is 0 Å². The van der Waals surface area contributed by atoms with Gasteiger partial charge in [0.2, 0.25) is 0 Å². The number of hydrogen-bond donors (Lipinski definition) is 0. The van der Waals surface area contributed by atoms with Crippen LogP contribution >= 0.6 is 11.6 Å². The summed E-state index contributed by atoms with van der Waals surface area (Å²) in [5, 5.41) is 3.97. The van der Waals surface area contributed by atoms with Crippen LogP contribution in [0.5, 0.6) is 0 Å². The van der Waals surface area contributed by atoms with E-state index in [2.05, 4.69) is 0 Å². The highest BCUT2D eigenvalue weighted by Crippen LogP contribution is 2.38. The van der Waals surface area contributed by atoms with Crippen molar-refractivity contribution in [3.8, 4) is 0 Å². The first-order valence-corrected chi connectivity index (χ1v) is 8.51. The maximum absolute atomic E-state index is 13.0. The zero-order valence-corrected chi connectivity index (χ0v) is 14.8. The molecule has 25 heavy (non-hydrogen) atoms. The average Bonchev–Trinajstić information content (AvgIpc) is 2.59. The molecule has 0 bridgehead atoms. The lowest BCUT2D eigenvalue weighted by Crippen LogP contribution is -2.43. The zero-order chi connectivity index (χ0) is 17.7. The molecule has 2 amide bonds. The van der Waals surface area contributed by atoms with Crippen molar-refractivity contribution in [1.29, 1.82) is 0 Å². The average molecular weight is 353 g/mol. The van der Waals surface area contributed by atoms with Gasteiger partial charge in [-0.05, 0) is 43.1 Å². The first kappa shape index (κ1) is 16.1. The van der Waals surface area contributed by atoms with Crippen molar-refractivity contribution in [2.75, 3.05) is 27.2 Å². The van der Waals surface area contributed by atoms with E-state index in [-0.39, 0.29) is 11.8 Å². The molecular formula is C20H17ClN2O2. The fourth-order valence-electron chi connectivity index (χ4n) is 3.46. The van der Waals surface area contributed by atoms with Gasteiger partial charge in [-0.2, -0.15) is 0 Å². The van der Waals surface area contributed by atoms with Crippen LogP contribution < -0.4 is 0 Å². The fraction of sp³-hybridized carbons (Fsp3) is 0.200. The summed E-state index contributed by atoms with van der Waals surface area (Å²) >= 11 is 6.40. The molecule has 0 saturated carbocycles. The highest BCUT2D eigenvalue weighted by atomic mass is 35.5. The summed E-state index contributed by atoms with van der Waals surface area (Å²) in [5.74, 6) is -0.478. The summed E-state index contributed by atoms with van der Waals surface area (Å²) in [4.78, 5) is 29.2. The quantitative estimate of drug-likeness (QED) is 0.531.